The van der Waals surface area contributed by atoms with Gasteiger partial charge >= 0.3 is 5.97 Å². The summed E-state index contributed by atoms with van der Waals surface area (Å²) in [7, 11) is 1.61. The maximum Gasteiger partial charge on any atom is 0.363 e. The van der Waals surface area contributed by atoms with Crippen molar-refractivity contribution in [3.63, 3.8) is 0 Å². The van der Waals surface area contributed by atoms with Gasteiger partial charge < -0.3 is 9.47 Å². The van der Waals surface area contributed by atoms with Crippen LogP contribution in [0.4, 0.5) is 0 Å². The van der Waals surface area contributed by atoms with Crippen molar-refractivity contribution < 1.29 is 14.3 Å². The highest BCUT2D eigenvalue weighted by atomic mass is 79.9. The summed E-state index contributed by atoms with van der Waals surface area (Å²) in [5, 5.41) is 0. The summed E-state index contributed by atoms with van der Waals surface area (Å²) in [5.41, 5.74) is 1.89. The van der Waals surface area contributed by atoms with Gasteiger partial charge in [0.2, 0.25) is 5.90 Å². The zero-order chi connectivity index (χ0) is 15.5. The van der Waals surface area contributed by atoms with E-state index in [9.17, 15) is 4.79 Å². The predicted octanol–water partition coefficient (Wildman–Crippen LogP) is 3.80. The Balaban J connectivity index is 1.88. The van der Waals surface area contributed by atoms with E-state index in [-0.39, 0.29) is 5.70 Å². The van der Waals surface area contributed by atoms with Gasteiger partial charge in [0.05, 0.1) is 7.11 Å². The maximum atomic E-state index is 11.9. The van der Waals surface area contributed by atoms with Crippen LogP contribution in [0.5, 0.6) is 5.75 Å². The van der Waals surface area contributed by atoms with Crippen molar-refractivity contribution in [2.45, 2.75) is 0 Å². The van der Waals surface area contributed by atoms with Gasteiger partial charge in [0, 0.05) is 10.0 Å². The summed E-state index contributed by atoms with van der Waals surface area (Å²) in [6.45, 7) is 0. The smallest absolute Gasteiger partial charge is 0.363 e. The van der Waals surface area contributed by atoms with Crippen LogP contribution in [0.25, 0.3) is 6.08 Å². The summed E-state index contributed by atoms with van der Waals surface area (Å²) in [6.07, 6.45) is 1.69. The SMILES string of the molecule is COc1ccc(/C=C2\N=C(c3ccc(Br)cc3)OC2=O)cc1. The fourth-order valence-electron chi connectivity index (χ4n) is 1.98. The van der Waals surface area contributed by atoms with Crippen LogP contribution in [0.3, 0.4) is 0 Å². The zero-order valence-corrected chi connectivity index (χ0v) is 13.3. The minimum atomic E-state index is -0.450. The molecule has 0 N–H and O–H groups in total. The Labute approximate surface area is 136 Å². The van der Waals surface area contributed by atoms with Crippen LogP contribution in [-0.2, 0) is 9.53 Å². The van der Waals surface area contributed by atoms with E-state index in [1.165, 1.54) is 0 Å². The molecule has 0 aromatic heterocycles. The Hall–Kier alpha value is -2.40. The third kappa shape index (κ3) is 3.09. The normalized spacial score (nSPS) is 15.6. The van der Waals surface area contributed by atoms with E-state index in [4.69, 9.17) is 9.47 Å². The number of cyclic esters (lactones) is 1. The highest BCUT2D eigenvalue weighted by molar-refractivity contribution is 9.10. The second-order valence-corrected chi connectivity index (χ2v) is 5.53. The molecule has 0 radical (unpaired) electrons. The van der Waals surface area contributed by atoms with E-state index in [1.807, 2.05) is 48.5 Å². The van der Waals surface area contributed by atoms with Gasteiger partial charge in [0.1, 0.15) is 5.75 Å². The standard InChI is InChI=1S/C17H12BrNO3/c1-21-14-8-2-11(3-9-14)10-15-17(20)22-16(19-15)12-4-6-13(18)7-5-12/h2-10H,1H3/b15-10-. The van der Waals surface area contributed by atoms with E-state index in [1.54, 1.807) is 13.2 Å². The molecule has 0 amide bonds. The highest BCUT2D eigenvalue weighted by Gasteiger charge is 2.23. The Morgan fingerprint density at radius 1 is 1.09 bits per heavy atom. The van der Waals surface area contributed by atoms with Crippen molar-refractivity contribution in [1.29, 1.82) is 0 Å². The van der Waals surface area contributed by atoms with Crippen molar-refractivity contribution in [3.8, 4) is 5.75 Å². The van der Waals surface area contributed by atoms with Crippen molar-refractivity contribution in [2.24, 2.45) is 4.99 Å². The number of benzene rings is 2. The van der Waals surface area contributed by atoms with Crippen molar-refractivity contribution in [2.75, 3.05) is 7.11 Å². The van der Waals surface area contributed by atoms with Crippen LogP contribution < -0.4 is 4.74 Å². The molecular weight excluding hydrogens is 346 g/mol. The fraction of sp³-hybridized carbons (Fsp3) is 0.0588. The number of carbonyl (C=O) groups is 1. The van der Waals surface area contributed by atoms with Gasteiger partial charge in [-0.2, -0.15) is 0 Å². The number of ether oxygens (including phenoxy) is 2. The van der Waals surface area contributed by atoms with Crippen molar-refractivity contribution in [1.82, 2.24) is 0 Å². The lowest BCUT2D eigenvalue weighted by Gasteiger charge is -1.99. The molecule has 1 aliphatic heterocycles. The monoisotopic (exact) mass is 357 g/mol. The van der Waals surface area contributed by atoms with Crippen LogP contribution >= 0.6 is 15.9 Å². The highest BCUT2D eigenvalue weighted by Crippen LogP contribution is 2.21. The topological polar surface area (TPSA) is 47.9 Å². The quantitative estimate of drug-likeness (QED) is 0.619. The lowest BCUT2D eigenvalue weighted by Crippen LogP contribution is -2.05. The summed E-state index contributed by atoms with van der Waals surface area (Å²) < 4.78 is 11.3. The molecule has 0 spiro atoms. The minimum absolute atomic E-state index is 0.281. The van der Waals surface area contributed by atoms with Gasteiger partial charge in [0.15, 0.2) is 5.70 Å². The molecule has 2 aromatic rings. The number of hydrogen-bond donors (Lipinski definition) is 0. The molecule has 110 valence electrons. The molecule has 0 unspecified atom stereocenters. The van der Waals surface area contributed by atoms with Gasteiger partial charge in [-0.25, -0.2) is 9.79 Å². The summed E-state index contributed by atoms with van der Waals surface area (Å²) >= 11 is 3.36. The molecule has 0 saturated carbocycles. The zero-order valence-electron chi connectivity index (χ0n) is 11.7. The number of hydrogen-bond acceptors (Lipinski definition) is 4. The largest absolute Gasteiger partial charge is 0.497 e. The number of nitrogens with zero attached hydrogens (tertiary/aromatic N) is 1. The number of halogens is 1. The Kier molecular flexibility index (Phi) is 4.06. The van der Waals surface area contributed by atoms with Gasteiger partial charge in [-0.1, -0.05) is 28.1 Å². The molecule has 0 fully saturated rings. The Bertz CT molecular complexity index is 761. The van der Waals surface area contributed by atoms with Gasteiger partial charge in [-0.3, -0.25) is 0 Å². The lowest BCUT2D eigenvalue weighted by molar-refractivity contribution is -0.129. The Morgan fingerprint density at radius 2 is 1.77 bits per heavy atom. The fourth-order valence-corrected chi connectivity index (χ4v) is 2.25. The molecular formula is C17H12BrNO3. The molecule has 0 bridgehead atoms. The van der Waals surface area contributed by atoms with Crippen LogP contribution in [0.15, 0.2) is 63.7 Å². The first-order valence-electron chi connectivity index (χ1n) is 6.58. The minimum Gasteiger partial charge on any atom is -0.497 e. The first kappa shape index (κ1) is 14.5. The van der Waals surface area contributed by atoms with E-state index < -0.39 is 5.97 Å². The van der Waals surface area contributed by atoms with E-state index in [2.05, 4.69) is 20.9 Å². The lowest BCUT2D eigenvalue weighted by atomic mass is 10.2. The predicted molar refractivity (Wildman–Crippen MR) is 87.7 cm³/mol. The number of esters is 1. The first-order chi connectivity index (χ1) is 10.7. The third-order valence-electron chi connectivity index (χ3n) is 3.13. The average Bonchev–Trinajstić information content (AvgIpc) is 2.90. The van der Waals surface area contributed by atoms with Crippen LogP contribution in [0.2, 0.25) is 0 Å². The van der Waals surface area contributed by atoms with Crippen LogP contribution in [0.1, 0.15) is 11.1 Å². The molecule has 5 heteroatoms. The molecule has 1 aliphatic rings. The van der Waals surface area contributed by atoms with Crippen molar-refractivity contribution >= 4 is 33.9 Å². The number of rotatable bonds is 3. The molecule has 3 rings (SSSR count). The molecule has 4 nitrogen and oxygen atoms in total. The number of aliphatic imine (C=N–C) groups is 1. The summed E-state index contributed by atoms with van der Waals surface area (Å²) in [6, 6.07) is 14.8. The van der Waals surface area contributed by atoms with Crippen LogP contribution in [0, 0.1) is 0 Å². The number of carbonyl (C=O) groups excluding carboxylic acids is 1. The summed E-state index contributed by atoms with van der Waals surface area (Å²) in [4.78, 5) is 16.2. The molecule has 1 heterocycles. The molecule has 2 aromatic carbocycles. The third-order valence-corrected chi connectivity index (χ3v) is 3.66. The Morgan fingerprint density at radius 3 is 2.41 bits per heavy atom. The second-order valence-electron chi connectivity index (χ2n) is 4.62. The second kappa shape index (κ2) is 6.15. The summed E-state index contributed by atoms with van der Waals surface area (Å²) in [5.74, 6) is 0.626. The van der Waals surface area contributed by atoms with Crippen LogP contribution in [-0.4, -0.2) is 19.0 Å². The molecule has 0 atom stereocenters. The van der Waals surface area contributed by atoms with E-state index >= 15 is 0 Å². The molecule has 0 aliphatic carbocycles. The number of methoxy groups -OCH3 is 1. The molecule has 0 saturated heterocycles. The van der Waals surface area contributed by atoms with Gasteiger partial charge in [-0.05, 0) is 48.0 Å². The maximum absolute atomic E-state index is 11.9. The van der Waals surface area contributed by atoms with Gasteiger partial charge in [-0.15, -0.1) is 0 Å². The van der Waals surface area contributed by atoms with Gasteiger partial charge in [0.25, 0.3) is 0 Å². The van der Waals surface area contributed by atoms with E-state index in [0.717, 1.165) is 21.3 Å². The van der Waals surface area contributed by atoms with Crippen molar-refractivity contribution in [3.05, 3.63) is 69.8 Å². The molecule has 22 heavy (non-hydrogen) atoms. The van der Waals surface area contributed by atoms with E-state index in [0.29, 0.717) is 5.90 Å². The first-order valence-corrected chi connectivity index (χ1v) is 7.37. The average molecular weight is 358 g/mol.